The second kappa shape index (κ2) is 26.3. The molecule has 1 fully saturated rings. The fourth-order valence-electron chi connectivity index (χ4n) is 6.62. The van der Waals surface area contributed by atoms with Gasteiger partial charge in [-0.05, 0) is 107 Å². The fourth-order valence-corrected chi connectivity index (χ4v) is 6.62. The molecule has 0 aliphatic carbocycles. The van der Waals surface area contributed by atoms with Gasteiger partial charge in [0.1, 0.15) is 11.6 Å². The number of nitrogens with two attached hydrogens (primary N) is 1. The van der Waals surface area contributed by atoms with Crippen molar-refractivity contribution in [3.63, 3.8) is 0 Å². The smallest absolute Gasteiger partial charge is 0.305 e. The van der Waals surface area contributed by atoms with E-state index in [1.165, 1.54) is 7.11 Å². The summed E-state index contributed by atoms with van der Waals surface area (Å²) in [5.74, 6) is 0.887. The van der Waals surface area contributed by atoms with Gasteiger partial charge in [-0.3, -0.25) is 20.0 Å². The molecule has 2 heterocycles. The Hall–Kier alpha value is -4.89. The number of amides is 1. The molecule has 4 rings (SSSR count). The lowest BCUT2D eigenvalue weighted by molar-refractivity contribution is -0.140. The zero-order valence-electron chi connectivity index (χ0n) is 35.2. The molecule has 14 nitrogen and oxygen atoms in total. The molecule has 1 atom stereocenters. The molecule has 1 aromatic heterocycles. The van der Waals surface area contributed by atoms with Gasteiger partial charge < -0.3 is 45.0 Å². The van der Waals surface area contributed by atoms with Crippen LogP contribution in [0.1, 0.15) is 98.7 Å². The van der Waals surface area contributed by atoms with Crippen molar-refractivity contribution in [1.29, 1.82) is 5.41 Å². The molecule has 322 valence electrons. The highest BCUT2D eigenvalue weighted by Crippen LogP contribution is 2.28. The number of likely N-dealkylation sites (tertiary alicyclic amines) is 1. The minimum atomic E-state index is -0.668. The van der Waals surface area contributed by atoms with Gasteiger partial charge in [0.15, 0.2) is 5.84 Å². The number of ether oxygens (including phenoxy) is 5. The van der Waals surface area contributed by atoms with Gasteiger partial charge in [0.05, 0.1) is 51.7 Å². The van der Waals surface area contributed by atoms with Gasteiger partial charge in [-0.2, -0.15) is 0 Å². The topological polar surface area (TPSA) is 183 Å². The summed E-state index contributed by atoms with van der Waals surface area (Å²) in [7, 11) is 3.49. The predicted octanol–water partition coefficient (Wildman–Crippen LogP) is 6.55. The number of aliphatic imine (C=N–C) groups is 1. The van der Waals surface area contributed by atoms with Crippen LogP contribution in [-0.4, -0.2) is 112 Å². The summed E-state index contributed by atoms with van der Waals surface area (Å²) in [5, 5.41) is 15.3. The van der Waals surface area contributed by atoms with Crippen LogP contribution < -0.4 is 21.1 Å². The summed E-state index contributed by atoms with van der Waals surface area (Å²) in [6.07, 6.45) is 11.9. The van der Waals surface area contributed by atoms with E-state index in [2.05, 4.69) is 37.3 Å². The van der Waals surface area contributed by atoms with Crippen LogP contribution in [0.15, 0.2) is 78.0 Å². The normalized spacial score (nSPS) is 14.7. The number of hydrogen-bond donors (Lipinski definition) is 4. The van der Waals surface area contributed by atoms with Gasteiger partial charge in [-0.25, -0.2) is 4.99 Å². The SMILES string of the molecule is COC(=O)CCCCCOCCOCCOCCCCCCOc1ccc([C@@H](C)NC(=O)c2cccc(NC3(C(N)=NC(=N)c4ccncc4)CCN(C)CC3)c2)cc1. The first-order valence-electron chi connectivity index (χ1n) is 20.9. The standard InChI is InChI=1S/C45H65N7O7/c1-35(36-15-17-40(18-16-36)59-29-10-5-4-8-27-56-30-32-58-33-31-57-28-9-6-7-14-41(53)55-3)49-43(54)38-12-11-13-39(34-38)51-45(21-25-52(2)26-22-45)44(47)50-42(46)37-19-23-48-24-20-37/h11-13,15-20,23-24,34-35,51H,4-10,14,21-22,25-33H2,1-3H3,(H,49,54)(H3,46,47,50)/t35-/m1/s1. The van der Waals surface area contributed by atoms with Crippen molar-refractivity contribution in [3.05, 3.63) is 89.7 Å². The summed E-state index contributed by atoms with van der Waals surface area (Å²) in [6.45, 7) is 7.87. The molecular formula is C45H65N7O7. The molecule has 0 spiro atoms. The Labute approximate surface area is 350 Å². The lowest BCUT2D eigenvalue weighted by atomic mass is 9.85. The van der Waals surface area contributed by atoms with E-state index in [9.17, 15) is 9.59 Å². The second-order valence-electron chi connectivity index (χ2n) is 14.9. The van der Waals surface area contributed by atoms with Crippen LogP contribution in [0.3, 0.4) is 0 Å². The van der Waals surface area contributed by atoms with Crippen molar-refractivity contribution >= 4 is 29.2 Å². The minimum absolute atomic E-state index is 0.0801. The highest BCUT2D eigenvalue weighted by Gasteiger charge is 2.38. The summed E-state index contributed by atoms with van der Waals surface area (Å²) in [4.78, 5) is 35.3. The molecule has 5 N–H and O–H groups in total. The number of amidine groups is 2. The lowest BCUT2D eigenvalue weighted by Crippen LogP contribution is -2.56. The Morgan fingerprint density at radius 2 is 1.44 bits per heavy atom. The van der Waals surface area contributed by atoms with Gasteiger partial charge in [0.2, 0.25) is 0 Å². The lowest BCUT2D eigenvalue weighted by Gasteiger charge is -2.41. The Kier molecular flexibility index (Phi) is 20.8. The molecule has 2 aromatic carbocycles. The van der Waals surface area contributed by atoms with Crippen molar-refractivity contribution in [2.45, 2.75) is 82.7 Å². The maximum atomic E-state index is 13.4. The van der Waals surface area contributed by atoms with Crippen molar-refractivity contribution in [2.75, 3.05) is 78.8 Å². The molecule has 3 aromatic rings. The van der Waals surface area contributed by atoms with Crippen LogP contribution >= 0.6 is 0 Å². The van der Waals surface area contributed by atoms with Crippen LogP contribution in [0.5, 0.6) is 5.75 Å². The Balaban J connectivity index is 1.09. The highest BCUT2D eigenvalue weighted by molar-refractivity contribution is 6.07. The molecule has 1 aliphatic heterocycles. The third-order valence-corrected chi connectivity index (χ3v) is 10.3. The van der Waals surface area contributed by atoms with E-state index >= 15 is 0 Å². The number of piperidine rings is 1. The number of rotatable bonds is 27. The van der Waals surface area contributed by atoms with E-state index in [4.69, 9.17) is 30.1 Å². The van der Waals surface area contributed by atoms with Crippen LogP contribution in [0.4, 0.5) is 5.69 Å². The third-order valence-electron chi connectivity index (χ3n) is 10.3. The van der Waals surface area contributed by atoms with E-state index < -0.39 is 5.54 Å². The molecule has 14 heteroatoms. The highest BCUT2D eigenvalue weighted by atomic mass is 16.5. The number of carbonyl (C=O) groups excluding carboxylic acids is 2. The number of pyridine rings is 1. The number of esters is 1. The molecule has 1 aliphatic rings. The van der Waals surface area contributed by atoms with Gasteiger partial charge in [0, 0.05) is 61.9 Å². The van der Waals surface area contributed by atoms with Gasteiger partial charge in [-0.1, -0.05) is 31.0 Å². The van der Waals surface area contributed by atoms with Crippen molar-refractivity contribution in [1.82, 2.24) is 15.2 Å². The van der Waals surface area contributed by atoms with Crippen LogP contribution in [-0.2, 0) is 23.7 Å². The van der Waals surface area contributed by atoms with E-state index in [0.29, 0.717) is 75.9 Å². The maximum Gasteiger partial charge on any atom is 0.305 e. The number of carbonyl (C=O) groups is 2. The summed E-state index contributed by atoms with van der Waals surface area (Å²) >= 11 is 0. The fraction of sp³-hybridized carbons (Fsp3) is 0.533. The zero-order valence-corrected chi connectivity index (χ0v) is 35.2. The number of methoxy groups -OCH3 is 1. The average molecular weight is 816 g/mol. The molecule has 0 saturated carbocycles. The predicted molar refractivity (Wildman–Crippen MR) is 231 cm³/mol. The first-order valence-corrected chi connectivity index (χ1v) is 20.9. The number of benzene rings is 2. The zero-order chi connectivity index (χ0) is 42.1. The number of nitrogens with zero attached hydrogens (tertiary/aromatic N) is 3. The Morgan fingerprint density at radius 1 is 0.831 bits per heavy atom. The maximum absolute atomic E-state index is 13.4. The quantitative estimate of drug-likeness (QED) is 0.0283. The minimum Gasteiger partial charge on any atom is -0.494 e. The first-order chi connectivity index (χ1) is 28.7. The van der Waals surface area contributed by atoms with Crippen molar-refractivity contribution < 1.29 is 33.3 Å². The summed E-state index contributed by atoms with van der Waals surface area (Å²) in [6, 6.07) is 18.5. The number of unbranched alkanes of at least 4 members (excludes halogenated alkanes) is 5. The van der Waals surface area contributed by atoms with E-state index in [1.807, 2.05) is 49.4 Å². The largest absolute Gasteiger partial charge is 0.494 e. The van der Waals surface area contributed by atoms with E-state index in [0.717, 1.165) is 81.6 Å². The summed E-state index contributed by atoms with van der Waals surface area (Å²) in [5.41, 5.74) is 8.90. The summed E-state index contributed by atoms with van der Waals surface area (Å²) < 4.78 is 27.4. The Morgan fingerprint density at radius 3 is 2.08 bits per heavy atom. The van der Waals surface area contributed by atoms with Gasteiger partial charge in [-0.15, -0.1) is 0 Å². The van der Waals surface area contributed by atoms with Crippen LogP contribution in [0.25, 0.3) is 0 Å². The molecule has 1 amide bonds. The molecule has 1 saturated heterocycles. The van der Waals surface area contributed by atoms with Crippen LogP contribution in [0, 0.1) is 5.41 Å². The molecule has 59 heavy (non-hydrogen) atoms. The van der Waals surface area contributed by atoms with Gasteiger partial charge in [0.25, 0.3) is 5.91 Å². The molecule has 0 bridgehead atoms. The average Bonchev–Trinajstić information content (AvgIpc) is 3.25. The van der Waals surface area contributed by atoms with E-state index in [-0.39, 0.29) is 23.8 Å². The number of aromatic nitrogens is 1. The Bertz CT molecular complexity index is 1720. The van der Waals surface area contributed by atoms with Gasteiger partial charge >= 0.3 is 5.97 Å². The van der Waals surface area contributed by atoms with Crippen molar-refractivity contribution in [3.8, 4) is 5.75 Å². The third kappa shape index (κ3) is 17.1. The van der Waals surface area contributed by atoms with E-state index in [1.54, 1.807) is 30.6 Å². The molecule has 0 radical (unpaired) electrons. The second-order valence-corrected chi connectivity index (χ2v) is 14.9. The van der Waals surface area contributed by atoms with Crippen molar-refractivity contribution in [2.24, 2.45) is 10.7 Å². The molecular weight excluding hydrogens is 751 g/mol. The monoisotopic (exact) mass is 815 g/mol. The number of anilines is 1. The number of nitrogens with one attached hydrogen (secondary N) is 3. The number of hydrogen-bond acceptors (Lipinski definition) is 11. The van der Waals surface area contributed by atoms with Crippen LogP contribution in [0.2, 0.25) is 0 Å². The first kappa shape index (κ1) is 46.8. The molecule has 0 unspecified atom stereocenters.